The van der Waals surface area contributed by atoms with Gasteiger partial charge in [-0.3, -0.25) is 15.1 Å². The SMILES string of the molecule is Cc1nc(N)sc1CCCN=C(N)NC(=O)NCCCCCCNC(=O)CCCCC[N+]1=C(C=CC=CC=C2N(CCCCS(=O)(=O)[O-])c3ccccc3C2(C)C)c2ccccc2C1(C)C. The zero-order chi connectivity index (χ0) is 47.7. The summed E-state index contributed by atoms with van der Waals surface area (Å²) >= 11 is 1.49. The van der Waals surface area contributed by atoms with Gasteiger partial charge in [0.15, 0.2) is 16.6 Å². The van der Waals surface area contributed by atoms with Gasteiger partial charge >= 0.3 is 6.03 Å². The molecule has 16 heteroatoms. The molecule has 7 N–H and O–H groups in total. The average Bonchev–Trinajstić information content (AvgIpc) is 3.79. The first-order valence-electron chi connectivity index (χ1n) is 23.4. The lowest BCUT2D eigenvalue weighted by molar-refractivity contribution is -0.604. The third-order valence-electron chi connectivity index (χ3n) is 12.4. The van der Waals surface area contributed by atoms with Crippen molar-refractivity contribution < 1.29 is 27.1 Å². The lowest BCUT2D eigenvalue weighted by Crippen LogP contribution is -2.43. The van der Waals surface area contributed by atoms with Crippen LogP contribution in [0.25, 0.3) is 0 Å². The van der Waals surface area contributed by atoms with E-state index in [0.29, 0.717) is 50.6 Å². The van der Waals surface area contributed by atoms with Gasteiger partial charge in [-0.1, -0.05) is 81.3 Å². The fourth-order valence-corrected chi connectivity index (χ4v) is 10.3. The molecule has 3 aromatic rings. The van der Waals surface area contributed by atoms with Gasteiger partial charge in [0.25, 0.3) is 0 Å². The number of hydrogen-bond donors (Lipinski definition) is 5. The van der Waals surface area contributed by atoms with Gasteiger partial charge in [-0.2, -0.15) is 0 Å². The van der Waals surface area contributed by atoms with E-state index in [1.807, 2.05) is 19.1 Å². The van der Waals surface area contributed by atoms with Crippen LogP contribution in [-0.2, 0) is 32.3 Å². The predicted molar refractivity (Wildman–Crippen MR) is 268 cm³/mol. The number of aromatic nitrogens is 1. The number of aryl methyl sites for hydroxylation is 2. The highest BCUT2D eigenvalue weighted by molar-refractivity contribution is 7.85. The molecule has 0 radical (unpaired) electrons. The molecule has 0 aliphatic carbocycles. The monoisotopic (exact) mass is 942 g/mol. The van der Waals surface area contributed by atoms with Gasteiger partial charge in [0.1, 0.15) is 6.54 Å². The van der Waals surface area contributed by atoms with Crippen LogP contribution in [0, 0.1) is 6.92 Å². The topological polar surface area (TPSA) is 211 Å². The van der Waals surface area contributed by atoms with Crippen LogP contribution in [0.3, 0.4) is 0 Å². The van der Waals surface area contributed by atoms with Crippen molar-refractivity contribution >= 4 is 55.9 Å². The maximum atomic E-state index is 12.6. The Morgan fingerprint density at radius 1 is 0.879 bits per heavy atom. The minimum Gasteiger partial charge on any atom is -0.748 e. The number of amides is 3. The molecule has 0 bridgehead atoms. The predicted octanol–water partition coefficient (Wildman–Crippen LogP) is 7.69. The molecule has 3 heterocycles. The fraction of sp³-hybridized carbons (Fsp3) is 0.500. The molecule has 358 valence electrons. The second-order valence-corrected chi connectivity index (χ2v) is 20.7. The van der Waals surface area contributed by atoms with Crippen LogP contribution in [0.2, 0.25) is 0 Å². The van der Waals surface area contributed by atoms with Gasteiger partial charge in [-0.15, -0.1) is 11.3 Å². The Kier molecular flexibility index (Phi) is 19.1. The van der Waals surface area contributed by atoms with E-state index in [1.165, 1.54) is 33.7 Å². The lowest BCUT2D eigenvalue weighted by atomic mass is 9.84. The first-order valence-corrected chi connectivity index (χ1v) is 25.8. The Morgan fingerprint density at radius 3 is 2.30 bits per heavy atom. The molecule has 0 saturated carbocycles. The molecule has 2 aromatic carbocycles. The molecule has 0 fully saturated rings. The van der Waals surface area contributed by atoms with Gasteiger partial charge < -0.3 is 31.6 Å². The number of allylic oxidation sites excluding steroid dienone is 6. The number of nitrogens with two attached hydrogens (primary N) is 2. The highest BCUT2D eigenvalue weighted by Gasteiger charge is 2.43. The minimum atomic E-state index is -4.24. The summed E-state index contributed by atoms with van der Waals surface area (Å²) in [6.45, 7) is 14.1. The Labute approximate surface area is 396 Å². The summed E-state index contributed by atoms with van der Waals surface area (Å²) in [5.74, 6) is -0.165. The Morgan fingerprint density at radius 2 is 1.58 bits per heavy atom. The number of unbranched alkanes of at least 4 members (excludes halogenated alkanes) is 6. The Hall–Kier alpha value is -5.32. The number of para-hydroxylation sites is 1. The van der Waals surface area contributed by atoms with Gasteiger partial charge in [-0.05, 0) is 82.1 Å². The van der Waals surface area contributed by atoms with E-state index in [9.17, 15) is 22.6 Å². The van der Waals surface area contributed by atoms with Crippen molar-refractivity contribution in [3.8, 4) is 0 Å². The van der Waals surface area contributed by atoms with Crippen molar-refractivity contribution in [2.45, 2.75) is 123 Å². The number of nitrogens with one attached hydrogen (secondary N) is 3. The van der Waals surface area contributed by atoms with E-state index in [4.69, 9.17) is 11.5 Å². The zero-order valence-corrected chi connectivity index (χ0v) is 41.2. The van der Waals surface area contributed by atoms with Gasteiger partial charge in [0.05, 0.1) is 21.4 Å². The number of thiazole rings is 1. The van der Waals surface area contributed by atoms with E-state index in [1.54, 1.807) is 0 Å². The van der Waals surface area contributed by atoms with E-state index in [-0.39, 0.29) is 34.6 Å². The molecule has 3 amide bonds. The number of fused-ring (bicyclic) bond motifs is 2. The first kappa shape index (κ1) is 51.7. The van der Waals surface area contributed by atoms with Gasteiger partial charge in [0.2, 0.25) is 11.6 Å². The molecule has 5 rings (SSSR count). The standard InChI is InChI=1S/C50H71N9O5S2/c1-37-43(65-47(52)56-37)28-22-33-54-46(51)57-48(61)55-32-18-7-6-17-31-53-45(60)30-12-9-19-35-59-41(38-23-13-14-24-39(38)50(59,4)5)26-10-8-11-29-44-49(2,3)40-25-15-16-27-42(40)58(44)34-20-21-36-66(62,63)64/h8,10-11,13-16,23-27,29H,6-7,9,12,17-22,28,30-36H2,1-5H3,(H7-,51,52,53,54,55,56,57,60,61,62,63,64). The molecule has 0 unspecified atom stereocenters. The molecule has 0 saturated heterocycles. The van der Waals surface area contributed by atoms with Crippen molar-refractivity contribution in [3.05, 3.63) is 112 Å². The number of guanidine groups is 1. The summed E-state index contributed by atoms with van der Waals surface area (Å²) in [5, 5.41) is 9.02. The van der Waals surface area contributed by atoms with Crippen molar-refractivity contribution in [1.29, 1.82) is 0 Å². The van der Waals surface area contributed by atoms with E-state index in [2.05, 4.69) is 130 Å². The van der Waals surface area contributed by atoms with Crippen molar-refractivity contribution in [2.24, 2.45) is 10.7 Å². The number of hydrogen-bond acceptors (Lipinski definition) is 10. The number of aliphatic imine (C=N–C) groups is 1. The molecule has 2 aliphatic rings. The summed E-state index contributed by atoms with van der Waals surface area (Å²) in [4.78, 5) is 36.6. The number of urea groups is 1. The quantitative estimate of drug-likeness (QED) is 0.0141. The Balaban J connectivity index is 1.01. The number of carbonyl (C=O) groups is 2. The smallest absolute Gasteiger partial charge is 0.321 e. The first-order chi connectivity index (χ1) is 31.5. The third-order valence-corrected chi connectivity index (χ3v) is 14.2. The number of rotatable bonds is 25. The minimum absolute atomic E-state index is 0.0875. The summed E-state index contributed by atoms with van der Waals surface area (Å²) in [6.07, 6.45) is 20.0. The Bertz CT molecular complexity index is 2400. The molecule has 66 heavy (non-hydrogen) atoms. The van der Waals surface area contributed by atoms with E-state index < -0.39 is 10.1 Å². The summed E-state index contributed by atoms with van der Waals surface area (Å²) < 4.78 is 36.1. The maximum Gasteiger partial charge on any atom is 0.321 e. The van der Waals surface area contributed by atoms with Gasteiger partial charge in [0, 0.05) is 91.9 Å². The van der Waals surface area contributed by atoms with Crippen LogP contribution in [0.1, 0.15) is 126 Å². The summed E-state index contributed by atoms with van der Waals surface area (Å²) in [7, 11) is -4.24. The molecule has 0 spiro atoms. The normalized spacial score (nSPS) is 16.1. The van der Waals surface area contributed by atoms with Gasteiger partial charge in [-0.25, -0.2) is 22.8 Å². The second-order valence-electron chi connectivity index (χ2n) is 18.1. The average molecular weight is 942 g/mol. The zero-order valence-electron chi connectivity index (χ0n) is 39.5. The summed E-state index contributed by atoms with van der Waals surface area (Å²) in [5.41, 5.74) is 19.3. The van der Waals surface area contributed by atoms with Crippen LogP contribution in [0.4, 0.5) is 15.6 Å². The highest BCUT2D eigenvalue weighted by atomic mass is 32.2. The second kappa shape index (κ2) is 24.4. The number of carbonyl (C=O) groups excluding carboxylic acids is 2. The van der Waals surface area contributed by atoms with Crippen LogP contribution in [0.5, 0.6) is 0 Å². The maximum absolute atomic E-state index is 12.6. The van der Waals surface area contributed by atoms with Crippen LogP contribution >= 0.6 is 11.3 Å². The molecule has 14 nitrogen and oxygen atoms in total. The number of anilines is 2. The van der Waals surface area contributed by atoms with Crippen LogP contribution in [0.15, 0.2) is 89.6 Å². The number of nitrogen functional groups attached to an aromatic ring is 1. The fourth-order valence-electron chi connectivity index (χ4n) is 8.88. The number of nitrogens with zero attached hydrogens (tertiary/aromatic N) is 4. The molecule has 0 atom stereocenters. The van der Waals surface area contributed by atoms with E-state index in [0.717, 1.165) is 86.3 Å². The highest BCUT2D eigenvalue weighted by Crippen LogP contribution is 2.47. The largest absolute Gasteiger partial charge is 0.748 e. The van der Waals surface area contributed by atoms with Crippen molar-refractivity contribution in [1.82, 2.24) is 20.9 Å². The molecular formula is C50H71N9O5S2. The van der Waals surface area contributed by atoms with Crippen molar-refractivity contribution in [2.75, 3.05) is 49.1 Å². The van der Waals surface area contributed by atoms with E-state index >= 15 is 0 Å². The third kappa shape index (κ3) is 14.8. The summed E-state index contributed by atoms with van der Waals surface area (Å²) in [6, 6.07) is 16.5. The van der Waals surface area contributed by atoms with Crippen LogP contribution in [-0.4, -0.2) is 84.6 Å². The lowest BCUT2D eigenvalue weighted by Gasteiger charge is -2.27. The number of benzene rings is 2. The molecular weight excluding hydrogens is 871 g/mol. The van der Waals surface area contributed by atoms with Crippen LogP contribution < -0.4 is 32.3 Å². The molecule has 2 aliphatic heterocycles. The molecule has 1 aromatic heterocycles. The van der Waals surface area contributed by atoms with Crippen molar-refractivity contribution in [3.63, 3.8) is 0 Å².